The molecule has 0 bridgehead atoms. The highest BCUT2D eigenvalue weighted by atomic mass is 28.4. The van der Waals surface area contributed by atoms with Crippen molar-refractivity contribution in [2.45, 2.75) is 123 Å². The highest BCUT2D eigenvalue weighted by Crippen LogP contribution is 2.38. The van der Waals surface area contributed by atoms with Crippen LogP contribution >= 0.6 is 0 Å². The maximum Gasteiger partial charge on any atom is 0.192 e. The Bertz CT molecular complexity index is 422. The number of rotatable bonds is 10. The lowest BCUT2D eigenvalue weighted by Gasteiger charge is -2.40. The van der Waals surface area contributed by atoms with E-state index in [1.54, 1.807) is 0 Å². The second kappa shape index (κ2) is 10.9. The topological polar surface area (TPSA) is 29.5 Å². The maximum absolute atomic E-state index is 10.7. The molecule has 1 N–H and O–H groups in total. The van der Waals surface area contributed by atoms with Crippen LogP contribution in [-0.2, 0) is 4.43 Å². The average Bonchev–Trinajstić information content (AvgIpc) is 2.43. The van der Waals surface area contributed by atoms with E-state index in [2.05, 4.69) is 71.9 Å². The summed E-state index contributed by atoms with van der Waals surface area (Å²) in [4.78, 5) is 0. The van der Waals surface area contributed by atoms with Crippen LogP contribution in [0.15, 0.2) is 0 Å². The molecule has 0 saturated heterocycles. The third-order valence-corrected chi connectivity index (χ3v) is 10.5. The van der Waals surface area contributed by atoms with Crippen molar-refractivity contribution in [3.05, 3.63) is 0 Å². The van der Waals surface area contributed by atoms with E-state index >= 15 is 0 Å². The zero-order valence-electron chi connectivity index (χ0n) is 18.5. The summed E-state index contributed by atoms with van der Waals surface area (Å²) in [5, 5.41) is 10.9. The molecule has 2 nitrogen and oxygen atoms in total. The van der Waals surface area contributed by atoms with E-state index in [1.165, 1.54) is 25.7 Å². The molecule has 0 aromatic heterocycles. The average molecular weight is 385 g/mol. The number of aliphatic hydroxyl groups excluding tert-OH is 1. The predicted molar refractivity (Wildman–Crippen MR) is 117 cm³/mol. The number of unbranched alkanes of at least 4 members (excludes halogenated alkanes) is 4. The molecule has 2 atom stereocenters. The first kappa shape index (κ1) is 24.9. The minimum absolute atomic E-state index is 0.0709. The quantitative estimate of drug-likeness (QED) is 0.269. The minimum Gasteiger partial charge on any atom is -0.411 e. The van der Waals surface area contributed by atoms with Gasteiger partial charge in [0, 0.05) is 6.42 Å². The molecule has 0 rings (SSSR count). The first-order chi connectivity index (χ1) is 11.3. The van der Waals surface area contributed by atoms with Crippen LogP contribution in [0.2, 0.25) is 37.8 Å². The number of hydrogen-bond acceptors (Lipinski definition) is 2. The van der Waals surface area contributed by atoms with E-state index in [-0.39, 0.29) is 11.1 Å². The second-order valence-electron chi connectivity index (χ2n) is 9.94. The highest BCUT2D eigenvalue weighted by Gasteiger charge is 2.40. The highest BCUT2D eigenvalue weighted by molar-refractivity contribution is 6.83. The summed E-state index contributed by atoms with van der Waals surface area (Å²) in [6.45, 7) is 20.3. The Balaban J connectivity index is 4.89. The Labute approximate surface area is 160 Å². The van der Waals surface area contributed by atoms with Gasteiger partial charge in [0.1, 0.15) is 8.07 Å². The van der Waals surface area contributed by atoms with Crippen LogP contribution in [0.5, 0.6) is 0 Å². The molecule has 0 radical (unpaired) electrons. The smallest absolute Gasteiger partial charge is 0.192 e. The van der Waals surface area contributed by atoms with Gasteiger partial charge < -0.3 is 9.53 Å². The zero-order chi connectivity index (χ0) is 19.7. The first-order valence-corrected chi connectivity index (χ1v) is 16.6. The molecule has 0 saturated carbocycles. The van der Waals surface area contributed by atoms with Crippen molar-refractivity contribution in [1.29, 1.82) is 0 Å². The summed E-state index contributed by atoms with van der Waals surface area (Å²) in [6.07, 6.45) is 7.18. The molecule has 0 aromatic carbocycles. The Morgan fingerprint density at radius 2 is 1.52 bits per heavy atom. The van der Waals surface area contributed by atoms with Gasteiger partial charge in [-0.3, -0.25) is 0 Å². The summed E-state index contributed by atoms with van der Waals surface area (Å²) < 4.78 is 6.59. The van der Waals surface area contributed by atoms with Crippen molar-refractivity contribution in [3.63, 3.8) is 0 Å². The molecule has 0 amide bonds. The van der Waals surface area contributed by atoms with E-state index in [4.69, 9.17) is 4.43 Å². The van der Waals surface area contributed by atoms with E-state index in [0.29, 0.717) is 6.42 Å². The second-order valence-corrected chi connectivity index (χ2v) is 19.4. The lowest BCUT2D eigenvalue weighted by molar-refractivity contribution is 0.0243. The van der Waals surface area contributed by atoms with Crippen LogP contribution in [-0.4, -0.2) is 33.7 Å². The lowest BCUT2D eigenvalue weighted by atomic mass is 10.0. The standard InChI is InChI=1S/C21H44O2Si2/c1-10-11-12-13-14-17-20(23-25(8,9)21(2,3)4)19(22)16-15-18-24(5,6)7/h19-20,22H,10-14,16-17H2,1-9H3/t19-,20-/m1/s1. The van der Waals surface area contributed by atoms with Crippen molar-refractivity contribution >= 4 is 16.4 Å². The lowest BCUT2D eigenvalue weighted by Crippen LogP contribution is -2.47. The van der Waals surface area contributed by atoms with Crippen LogP contribution in [0, 0.1) is 11.5 Å². The normalized spacial score (nSPS) is 15.4. The summed E-state index contributed by atoms with van der Waals surface area (Å²) >= 11 is 0. The van der Waals surface area contributed by atoms with Gasteiger partial charge in [0.25, 0.3) is 0 Å². The van der Waals surface area contributed by atoms with Gasteiger partial charge in [-0.2, -0.15) is 0 Å². The van der Waals surface area contributed by atoms with Gasteiger partial charge in [-0.15, -0.1) is 11.5 Å². The fourth-order valence-corrected chi connectivity index (χ4v) is 4.40. The molecule has 0 unspecified atom stereocenters. The fourth-order valence-electron chi connectivity index (χ4n) is 2.39. The molecule has 0 spiro atoms. The molecular formula is C21H44O2Si2. The monoisotopic (exact) mass is 384 g/mol. The van der Waals surface area contributed by atoms with E-state index < -0.39 is 22.5 Å². The Morgan fingerprint density at radius 1 is 0.960 bits per heavy atom. The van der Waals surface area contributed by atoms with Gasteiger partial charge in [0.05, 0.1) is 12.2 Å². The summed E-state index contributed by atoms with van der Waals surface area (Å²) in [5.74, 6) is 3.24. The molecule has 0 aromatic rings. The maximum atomic E-state index is 10.7. The van der Waals surface area contributed by atoms with Gasteiger partial charge in [-0.25, -0.2) is 0 Å². The molecule has 0 aliphatic carbocycles. The zero-order valence-corrected chi connectivity index (χ0v) is 20.5. The van der Waals surface area contributed by atoms with Gasteiger partial charge in [0.15, 0.2) is 8.32 Å². The van der Waals surface area contributed by atoms with Gasteiger partial charge in [0.2, 0.25) is 0 Å². The molecule has 148 valence electrons. The van der Waals surface area contributed by atoms with Crippen LogP contribution < -0.4 is 0 Å². The molecule has 0 aliphatic heterocycles. The first-order valence-electron chi connectivity index (χ1n) is 10.2. The van der Waals surface area contributed by atoms with Crippen LogP contribution in [0.1, 0.15) is 72.6 Å². The third kappa shape index (κ3) is 11.3. The molecule has 0 fully saturated rings. The molecule has 0 aliphatic rings. The van der Waals surface area contributed by atoms with E-state index in [9.17, 15) is 5.11 Å². The van der Waals surface area contributed by atoms with Crippen molar-refractivity contribution in [2.75, 3.05) is 0 Å². The summed E-state index contributed by atoms with van der Waals surface area (Å²) in [6, 6.07) is 0. The predicted octanol–water partition coefficient (Wildman–Crippen LogP) is 6.37. The van der Waals surface area contributed by atoms with Crippen LogP contribution in [0.4, 0.5) is 0 Å². The van der Waals surface area contributed by atoms with Gasteiger partial charge >= 0.3 is 0 Å². The molecular weight excluding hydrogens is 340 g/mol. The van der Waals surface area contributed by atoms with Crippen molar-refractivity contribution in [1.82, 2.24) is 0 Å². The summed E-state index contributed by atoms with van der Waals surface area (Å²) in [5.41, 5.74) is 3.37. The van der Waals surface area contributed by atoms with Crippen molar-refractivity contribution in [3.8, 4) is 11.5 Å². The summed E-state index contributed by atoms with van der Waals surface area (Å²) in [7, 11) is -3.26. The van der Waals surface area contributed by atoms with Crippen LogP contribution in [0.3, 0.4) is 0 Å². The van der Waals surface area contributed by atoms with Gasteiger partial charge in [-0.05, 0) is 24.6 Å². The molecule has 4 heteroatoms. The SMILES string of the molecule is CCCCCCC[C@@H](O[Si](C)(C)C(C)(C)C)[C@H](O)CC#C[Si](C)(C)C. The molecule has 25 heavy (non-hydrogen) atoms. The Hall–Kier alpha value is -0.0862. The van der Waals surface area contributed by atoms with Crippen LogP contribution in [0.25, 0.3) is 0 Å². The Morgan fingerprint density at radius 3 is 2.00 bits per heavy atom. The molecule has 0 heterocycles. The fraction of sp³-hybridized carbons (Fsp3) is 0.905. The van der Waals surface area contributed by atoms with Gasteiger partial charge in [-0.1, -0.05) is 79.4 Å². The van der Waals surface area contributed by atoms with Crippen molar-refractivity contribution < 1.29 is 9.53 Å². The Kier molecular flexibility index (Phi) is 10.9. The van der Waals surface area contributed by atoms with Crippen molar-refractivity contribution in [2.24, 2.45) is 0 Å². The van der Waals surface area contributed by atoms with E-state index in [0.717, 1.165) is 12.8 Å². The number of aliphatic hydroxyl groups is 1. The van der Waals surface area contributed by atoms with E-state index in [1.807, 2.05) is 0 Å². The number of hydrogen-bond donors (Lipinski definition) is 1. The largest absolute Gasteiger partial charge is 0.411 e. The third-order valence-electron chi connectivity index (χ3n) is 5.05. The minimum atomic E-state index is -1.88.